The third-order valence-corrected chi connectivity index (χ3v) is 4.22. The number of nitrogens with one attached hydrogen (secondary N) is 1. The van der Waals surface area contributed by atoms with Gasteiger partial charge >= 0.3 is 5.69 Å². The van der Waals surface area contributed by atoms with Gasteiger partial charge in [0.05, 0.1) is 6.33 Å². The molecule has 21 heavy (non-hydrogen) atoms. The van der Waals surface area contributed by atoms with Gasteiger partial charge in [0.2, 0.25) is 0 Å². The predicted octanol–water partition coefficient (Wildman–Crippen LogP) is 0.402. The van der Waals surface area contributed by atoms with Crippen molar-refractivity contribution in [3.63, 3.8) is 0 Å². The lowest BCUT2D eigenvalue weighted by atomic mass is 10.1. The predicted molar refractivity (Wildman–Crippen MR) is 80.8 cm³/mol. The summed E-state index contributed by atoms with van der Waals surface area (Å²) in [5, 5.41) is 3.32. The van der Waals surface area contributed by atoms with Crippen molar-refractivity contribution in [1.82, 2.24) is 24.0 Å². The van der Waals surface area contributed by atoms with Gasteiger partial charge in [-0.15, -0.1) is 0 Å². The Bertz CT molecular complexity index is 777. The number of fused-ring (bicyclic) bond motifs is 1. The topological polar surface area (TPSA) is 73.8 Å². The SMILES string of the molecule is CC(C)n1c(=O)n(C)c(=O)c2c1ncn2C1CCNCC1. The van der Waals surface area contributed by atoms with Gasteiger partial charge in [-0.1, -0.05) is 0 Å². The number of piperidine rings is 1. The summed E-state index contributed by atoms with van der Waals surface area (Å²) in [5.74, 6) is 0. The lowest BCUT2D eigenvalue weighted by Crippen LogP contribution is -2.40. The van der Waals surface area contributed by atoms with Gasteiger partial charge < -0.3 is 9.88 Å². The molecule has 7 nitrogen and oxygen atoms in total. The smallest absolute Gasteiger partial charge is 0.322 e. The second-order valence-corrected chi connectivity index (χ2v) is 5.92. The quantitative estimate of drug-likeness (QED) is 0.869. The number of nitrogens with zero attached hydrogens (tertiary/aromatic N) is 4. The van der Waals surface area contributed by atoms with E-state index >= 15 is 0 Å². The molecule has 0 amide bonds. The summed E-state index contributed by atoms with van der Waals surface area (Å²) in [6.07, 6.45) is 3.64. The van der Waals surface area contributed by atoms with Crippen molar-refractivity contribution in [2.75, 3.05) is 13.1 Å². The lowest BCUT2D eigenvalue weighted by Gasteiger charge is -2.24. The van der Waals surface area contributed by atoms with Crippen LogP contribution < -0.4 is 16.6 Å². The Morgan fingerprint density at radius 2 is 1.95 bits per heavy atom. The first-order valence-corrected chi connectivity index (χ1v) is 7.41. The number of aromatic nitrogens is 4. The molecule has 1 aliphatic heterocycles. The van der Waals surface area contributed by atoms with Crippen LogP contribution in [0, 0.1) is 0 Å². The molecule has 1 N–H and O–H groups in total. The maximum Gasteiger partial charge on any atom is 0.332 e. The maximum atomic E-state index is 12.5. The molecular formula is C14H21N5O2. The first kappa shape index (κ1) is 14.1. The summed E-state index contributed by atoms with van der Waals surface area (Å²) in [6, 6.07) is 0.227. The summed E-state index contributed by atoms with van der Waals surface area (Å²) < 4.78 is 4.73. The van der Waals surface area contributed by atoms with Gasteiger partial charge in [0, 0.05) is 19.1 Å². The van der Waals surface area contributed by atoms with Crippen molar-refractivity contribution >= 4 is 11.2 Å². The van der Waals surface area contributed by atoms with Gasteiger partial charge in [0.25, 0.3) is 5.56 Å². The number of hydrogen-bond acceptors (Lipinski definition) is 4. The fourth-order valence-electron chi connectivity index (χ4n) is 3.06. The van der Waals surface area contributed by atoms with Crippen LogP contribution in [0.15, 0.2) is 15.9 Å². The maximum absolute atomic E-state index is 12.5. The lowest BCUT2D eigenvalue weighted by molar-refractivity contribution is 0.374. The van der Waals surface area contributed by atoms with E-state index in [1.807, 2.05) is 18.4 Å². The van der Waals surface area contributed by atoms with Crippen LogP contribution in [0.25, 0.3) is 11.2 Å². The van der Waals surface area contributed by atoms with Gasteiger partial charge in [0.1, 0.15) is 0 Å². The minimum Gasteiger partial charge on any atom is -0.322 e. The van der Waals surface area contributed by atoms with E-state index in [0.29, 0.717) is 11.2 Å². The zero-order valence-corrected chi connectivity index (χ0v) is 12.7. The van der Waals surface area contributed by atoms with Crippen molar-refractivity contribution in [2.24, 2.45) is 7.05 Å². The van der Waals surface area contributed by atoms with Crippen molar-refractivity contribution < 1.29 is 0 Å². The molecule has 0 radical (unpaired) electrons. The summed E-state index contributed by atoms with van der Waals surface area (Å²) >= 11 is 0. The molecule has 2 aromatic heterocycles. The van der Waals surface area contributed by atoms with E-state index in [2.05, 4.69) is 10.3 Å². The summed E-state index contributed by atoms with van der Waals surface area (Å²) in [6.45, 7) is 5.73. The zero-order chi connectivity index (χ0) is 15.1. The number of rotatable bonds is 2. The van der Waals surface area contributed by atoms with Crippen LogP contribution in [0.5, 0.6) is 0 Å². The van der Waals surface area contributed by atoms with E-state index in [-0.39, 0.29) is 23.3 Å². The molecule has 2 aromatic rings. The Kier molecular flexibility index (Phi) is 3.44. The highest BCUT2D eigenvalue weighted by Crippen LogP contribution is 2.22. The average molecular weight is 291 g/mol. The van der Waals surface area contributed by atoms with Gasteiger partial charge in [-0.2, -0.15) is 0 Å². The Labute approximate surface area is 122 Å². The van der Waals surface area contributed by atoms with Crippen molar-refractivity contribution in [3.05, 3.63) is 27.2 Å². The van der Waals surface area contributed by atoms with E-state index in [9.17, 15) is 9.59 Å². The molecule has 1 saturated heterocycles. The number of hydrogen-bond donors (Lipinski definition) is 1. The van der Waals surface area contributed by atoms with Gasteiger partial charge in [-0.05, 0) is 39.8 Å². The van der Waals surface area contributed by atoms with Crippen LogP contribution >= 0.6 is 0 Å². The first-order chi connectivity index (χ1) is 10.0. The zero-order valence-electron chi connectivity index (χ0n) is 12.7. The Hall–Kier alpha value is -1.89. The second-order valence-electron chi connectivity index (χ2n) is 5.92. The van der Waals surface area contributed by atoms with Crippen LogP contribution in [-0.2, 0) is 7.05 Å². The largest absolute Gasteiger partial charge is 0.332 e. The van der Waals surface area contributed by atoms with E-state index in [1.54, 1.807) is 10.9 Å². The Morgan fingerprint density at radius 3 is 2.57 bits per heavy atom. The molecule has 1 fully saturated rings. The second kappa shape index (κ2) is 5.14. The average Bonchev–Trinajstić information content (AvgIpc) is 2.90. The van der Waals surface area contributed by atoms with Gasteiger partial charge in [0.15, 0.2) is 11.2 Å². The molecule has 0 unspecified atom stereocenters. The van der Waals surface area contributed by atoms with E-state index in [1.165, 1.54) is 11.6 Å². The molecular weight excluding hydrogens is 270 g/mol. The minimum absolute atomic E-state index is 0.0387. The Morgan fingerprint density at radius 1 is 1.29 bits per heavy atom. The normalized spacial score (nSPS) is 17.0. The van der Waals surface area contributed by atoms with Crippen LogP contribution in [0.4, 0.5) is 0 Å². The molecule has 0 atom stereocenters. The highest BCUT2D eigenvalue weighted by Gasteiger charge is 2.22. The summed E-state index contributed by atoms with van der Waals surface area (Å²) in [4.78, 5) is 29.2. The van der Waals surface area contributed by atoms with Crippen LogP contribution in [0.3, 0.4) is 0 Å². The third-order valence-electron chi connectivity index (χ3n) is 4.22. The summed E-state index contributed by atoms with van der Waals surface area (Å²) in [5.41, 5.74) is 0.468. The van der Waals surface area contributed by atoms with Crippen LogP contribution in [0.1, 0.15) is 38.8 Å². The highest BCUT2D eigenvalue weighted by atomic mass is 16.2. The van der Waals surface area contributed by atoms with Crippen molar-refractivity contribution in [1.29, 1.82) is 0 Å². The number of imidazole rings is 1. The van der Waals surface area contributed by atoms with Crippen LogP contribution in [0.2, 0.25) is 0 Å². The molecule has 0 aliphatic carbocycles. The Balaban J connectivity index is 2.30. The molecule has 0 aromatic carbocycles. The first-order valence-electron chi connectivity index (χ1n) is 7.41. The molecule has 3 heterocycles. The fourth-order valence-corrected chi connectivity index (χ4v) is 3.06. The summed E-state index contributed by atoms with van der Waals surface area (Å²) in [7, 11) is 1.53. The molecule has 114 valence electrons. The van der Waals surface area contributed by atoms with Gasteiger partial charge in [-0.25, -0.2) is 9.78 Å². The fraction of sp³-hybridized carbons (Fsp3) is 0.643. The van der Waals surface area contributed by atoms with Gasteiger partial charge in [-0.3, -0.25) is 13.9 Å². The highest BCUT2D eigenvalue weighted by molar-refractivity contribution is 5.70. The van der Waals surface area contributed by atoms with Crippen molar-refractivity contribution in [2.45, 2.75) is 38.8 Å². The molecule has 3 rings (SSSR count). The molecule has 0 spiro atoms. The van der Waals surface area contributed by atoms with Crippen LogP contribution in [-0.4, -0.2) is 31.8 Å². The standard InChI is InChI=1S/C14H21N5O2/c1-9(2)19-12-11(13(20)17(3)14(19)21)18(8-16-12)10-4-6-15-7-5-10/h8-10,15H,4-7H2,1-3H3. The van der Waals surface area contributed by atoms with E-state index < -0.39 is 0 Å². The monoisotopic (exact) mass is 291 g/mol. The molecule has 1 aliphatic rings. The molecule has 0 bridgehead atoms. The molecule has 0 saturated carbocycles. The minimum atomic E-state index is -0.307. The van der Waals surface area contributed by atoms with E-state index in [4.69, 9.17) is 0 Å². The third kappa shape index (κ3) is 2.12. The molecule has 7 heteroatoms. The van der Waals surface area contributed by atoms with E-state index in [0.717, 1.165) is 25.9 Å². The van der Waals surface area contributed by atoms with Crippen molar-refractivity contribution in [3.8, 4) is 0 Å².